The predicted molar refractivity (Wildman–Crippen MR) is 84.7 cm³/mol. The minimum absolute atomic E-state index is 0.358. The molecule has 6 heteroatoms. The Morgan fingerprint density at radius 2 is 2.14 bits per heavy atom. The molecule has 0 radical (unpaired) electrons. The maximum atomic E-state index is 4.65. The molecule has 0 unspecified atom stereocenters. The largest absolute Gasteiger partial charge is 0.347 e. The molecule has 22 heavy (non-hydrogen) atoms. The van der Waals surface area contributed by atoms with Crippen LogP contribution < -0.4 is 10.2 Å². The van der Waals surface area contributed by atoms with Crippen molar-refractivity contribution in [2.45, 2.75) is 57.2 Å². The number of rotatable bonds is 1. The monoisotopic (exact) mass is 298 g/mol. The van der Waals surface area contributed by atoms with Crippen LogP contribution in [0, 0.1) is 5.41 Å². The van der Waals surface area contributed by atoms with E-state index in [1.54, 1.807) is 12.7 Å². The number of aromatic nitrogens is 4. The summed E-state index contributed by atoms with van der Waals surface area (Å²) in [6, 6.07) is 1.76. The lowest BCUT2D eigenvalue weighted by atomic mass is 9.72. The van der Waals surface area contributed by atoms with Crippen LogP contribution in [0.1, 0.15) is 39.0 Å². The van der Waals surface area contributed by atoms with Gasteiger partial charge >= 0.3 is 0 Å². The molecule has 0 aromatic carbocycles. The SMILES string of the molecule is C[C@@]12C[C@H]3CN[C@@H]1CCCC[C@H]2N3c1ncnc2nc[nH]c12. The zero-order valence-electron chi connectivity index (χ0n) is 12.9. The quantitative estimate of drug-likeness (QED) is 0.841. The van der Waals surface area contributed by atoms with Crippen LogP contribution in [0.15, 0.2) is 12.7 Å². The van der Waals surface area contributed by atoms with Gasteiger partial charge in [-0.1, -0.05) is 19.8 Å². The van der Waals surface area contributed by atoms with Gasteiger partial charge in [0.25, 0.3) is 0 Å². The maximum absolute atomic E-state index is 4.65. The van der Waals surface area contributed by atoms with Crippen LogP contribution in [0.3, 0.4) is 0 Å². The van der Waals surface area contributed by atoms with Crippen LogP contribution >= 0.6 is 0 Å². The van der Waals surface area contributed by atoms with Gasteiger partial charge in [-0.05, 0) is 19.3 Å². The van der Waals surface area contributed by atoms with E-state index in [2.05, 4.69) is 37.1 Å². The Bertz CT molecular complexity index is 711. The molecule has 6 nitrogen and oxygen atoms in total. The Balaban J connectivity index is 1.67. The van der Waals surface area contributed by atoms with E-state index in [0.29, 0.717) is 23.5 Å². The van der Waals surface area contributed by atoms with Gasteiger partial charge in [0.2, 0.25) is 0 Å². The van der Waals surface area contributed by atoms with Gasteiger partial charge < -0.3 is 15.2 Å². The molecule has 0 amide bonds. The van der Waals surface area contributed by atoms with Crippen molar-refractivity contribution in [3.63, 3.8) is 0 Å². The van der Waals surface area contributed by atoms with Crippen LogP contribution in [0.2, 0.25) is 0 Å². The van der Waals surface area contributed by atoms with Crippen molar-refractivity contribution in [1.82, 2.24) is 25.3 Å². The van der Waals surface area contributed by atoms with E-state index in [-0.39, 0.29) is 0 Å². The average molecular weight is 298 g/mol. The summed E-state index contributed by atoms with van der Waals surface area (Å²) in [6.07, 6.45) is 9.90. The molecular formula is C16H22N6. The van der Waals surface area contributed by atoms with Gasteiger partial charge in [0, 0.05) is 30.1 Å². The number of nitrogens with one attached hydrogen (secondary N) is 2. The Labute approximate surface area is 129 Å². The number of hydrogen-bond acceptors (Lipinski definition) is 5. The third-order valence-electron chi connectivity index (χ3n) is 6.23. The van der Waals surface area contributed by atoms with Crippen molar-refractivity contribution in [2.75, 3.05) is 11.4 Å². The van der Waals surface area contributed by atoms with E-state index in [1.807, 2.05) is 0 Å². The summed E-state index contributed by atoms with van der Waals surface area (Å²) in [4.78, 5) is 19.1. The molecule has 1 aliphatic carbocycles. The number of hydrogen-bond donors (Lipinski definition) is 2. The second-order valence-electron chi connectivity index (χ2n) is 7.33. The first-order chi connectivity index (χ1) is 10.8. The van der Waals surface area contributed by atoms with Gasteiger partial charge in [0.15, 0.2) is 11.5 Å². The normalized spacial score (nSPS) is 37.5. The molecule has 4 atom stereocenters. The van der Waals surface area contributed by atoms with E-state index >= 15 is 0 Å². The summed E-state index contributed by atoms with van der Waals surface area (Å²) < 4.78 is 0. The average Bonchev–Trinajstić information content (AvgIpc) is 3.04. The fourth-order valence-corrected chi connectivity index (χ4v) is 5.23. The van der Waals surface area contributed by atoms with E-state index in [4.69, 9.17) is 0 Å². The molecule has 1 saturated carbocycles. The minimum Gasteiger partial charge on any atom is -0.347 e. The zero-order chi connectivity index (χ0) is 14.7. The van der Waals surface area contributed by atoms with E-state index in [0.717, 1.165) is 23.5 Å². The second kappa shape index (κ2) is 4.41. The highest BCUT2D eigenvalue weighted by Crippen LogP contribution is 2.52. The van der Waals surface area contributed by atoms with Gasteiger partial charge in [-0.3, -0.25) is 0 Å². The van der Waals surface area contributed by atoms with Gasteiger partial charge in [0.1, 0.15) is 11.8 Å². The summed E-state index contributed by atoms with van der Waals surface area (Å²) in [5, 5.41) is 3.82. The second-order valence-corrected chi connectivity index (χ2v) is 7.33. The molecule has 3 aliphatic rings. The number of anilines is 1. The Hall–Kier alpha value is -1.69. The standard InChI is InChI=1S/C16H22N6/c1-16-6-10-7-17-11(16)4-2-3-5-12(16)22(10)15-13-14(19-8-18-13)20-9-21-15/h8-12,17H,2-7H2,1H3,(H,18,19,20,21)/t10-,11+,12+,16+/m0/s1. The molecule has 2 aromatic heterocycles. The van der Waals surface area contributed by atoms with Crippen molar-refractivity contribution in [2.24, 2.45) is 5.41 Å². The van der Waals surface area contributed by atoms with Crippen molar-refractivity contribution < 1.29 is 0 Å². The summed E-state index contributed by atoms with van der Waals surface area (Å²) in [5.74, 6) is 1.05. The molecule has 0 spiro atoms. The zero-order valence-corrected chi connectivity index (χ0v) is 12.9. The highest BCUT2D eigenvalue weighted by atomic mass is 15.3. The van der Waals surface area contributed by atoms with Crippen LogP contribution in [-0.4, -0.2) is 44.6 Å². The first kappa shape index (κ1) is 12.8. The summed E-state index contributed by atoms with van der Waals surface area (Å²) in [7, 11) is 0. The van der Waals surface area contributed by atoms with Crippen LogP contribution in [0.25, 0.3) is 11.2 Å². The summed E-state index contributed by atoms with van der Waals surface area (Å²) >= 11 is 0. The van der Waals surface area contributed by atoms with Crippen LogP contribution in [0.4, 0.5) is 5.82 Å². The van der Waals surface area contributed by atoms with Crippen molar-refractivity contribution >= 4 is 17.0 Å². The van der Waals surface area contributed by atoms with E-state index in [1.165, 1.54) is 32.1 Å². The van der Waals surface area contributed by atoms with Crippen LogP contribution in [-0.2, 0) is 0 Å². The minimum atomic E-state index is 0.358. The lowest BCUT2D eigenvalue weighted by Crippen LogP contribution is -2.51. The third-order valence-corrected chi connectivity index (χ3v) is 6.23. The number of nitrogens with zero attached hydrogens (tertiary/aromatic N) is 4. The highest BCUT2D eigenvalue weighted by Gasteiger charge is 2.56. The molecule has 4 heterocycles. The Morgan fingerprint density at radius 1 is 1.23 bits per heavy atom. The Kier molecular flexibility index (Phi) is 2.57. The van der Waals surface area contributed by atoms with E-state index < -0.39 is 0 Å². The summed E-state index contributed by atoms with van der Waals surface area (Å²) in [6.45, 7) is 3.55. The molecule has 2 aromatic rings. The molecular weight excluding hydrogens is 276 g/mol. The molecule has 116 valence electrons. The lowest BCUT2D eigenvalue weighted by molar-refractivity contribution is 0.171. The molecule has 2 saturated heterocycles. The lowest BCUT2D eigenvalue weighted by Gasteiger charge is -2.39. The van der Waals surface area contributed by atoms with Crippen molar-refractivity contribution in [3.8, 4) is 0 Å². The van der Waals surface area contributed by atoms with Gasteiger partial charge in [-0.25, -0.2) is 15.0 Å². The third kappa shape index (κ3) is 1.56. The predicted octanol–water partition coefficient (Wildman–Crippen LogP) is 1.85. The first-order valence-corrected chi connectivity index (χ1v) is 8.43. The maximum Gasteiger partial charge on any atom is 0.182 e. The molecule has 2 bridgehead atoms. The first-order valence-electron chi connectivity index (χ1n) is 8.43. The topological polar surface area (TPSA) is 69.7 Å². The van der Waals surface area contributed by atoms with Crippen molar-refractivity contribution in [1.29, 1.82) is 0 Å². The molecule has 3 fully saturated rings. The number of imidazole rings is 1. The van der Waals surface area contributed by atoms with Gasteiger partial charge in [0.05, 0.1) is 6.33 Å². The van der Waals surface area contributed by atoms with E-state index in [9.17, 15) is 0 Å². The molecule has 2 N–H and O–H groups in total. The fourth-order valence-electron chi connectivity index (χ4n) is 5.23. The van der Waals surface area contributed by atoms with Gasteiger partial charge in [-0.2, -0.15) is 0 Å². The highest BCUT2D eigenvalue weighted by molar-refractivity contribution is 5.83. The fraction of sp³-hybridized carbons (Fsp3) is 0.688. The Morgan fingerprint density at radius 3 is 3.09 bits per heavy atom. The molecule has 5 rings (SSSR count). The smallest absolute Gasteiger partial charge is 0.182 e. The van der Waals surface area contributed by atoms with Crippen molar-refractivity contribution in [3.05, 3.63) is 12.7 Å². The van der Waals surface area contributed by atoms with Gasteiger partial charge in [-0.15, -0.1) is 0 Å². The number of H-pyrrole nitrogens is 1. The van der Waals surface area contributed by atoms with Crippen LogP contribution in [0.5, 0.6) is 0 Å². The number of piperidine rings is 1. The number of aromatic amines is 1. The number of fused-ring (bicyclic) bond motifs is 2. The molecule has 2 aliphatic heterocycles. The summed E-state index contributed by atoms with van der Waals surface area (Å²) in [5.41, 5.74) is 2.12.